The third kappa shape index (κ3) is 4.08. The van der Waals surface area contributed by atoms with Gasteiger partial charge in [-0.1, -0.05) is 36.4 Å². The predicted octanol–water partition coefficient (Wildman–Crippen LogP) is 3.72. The van der Waals surface area contributed by atoms with E-state index in [0.29, 0.717) is 5.13 Å². The van der Waals surface area contributed by atoms with Crippen molar-refractivity contribution in [3.05, 3.63) is 70.7 Å². The molecule has 2 heterocycles. The number of para-hydroxylation sites is 2. The Morgan fingerprint density at radius 2 is 1.63 bits per heavy atom. The molecule has 1 aliphatic rings. The molecule has 152 valence electrons. The molecule has 2 aromatic carbocycles. The lowest BCUT2D eigenvalue weighted by Gasteiger charge is -2.24. The van der Waals surface area contributed by atoms with Gasteiger partial charge in [0.15, 0.2) is 17.4 Å². The monoisotopic (exact) mass is 421 g/mol. The molecule has 0 radical (unpaired) electrons. The van der Waals surface area contributed by atoms with Crippen molar-refractivity contribution >= 4 is 45.6 Å². The van der Waals surface area contributed by atoms with Gasteiger partial charge < -0.3 is 10.1 Å². The minimum absolute atomic E-state index is 0.0493. The zero-order valence-corrected chi connectivity index (χ0v) is 17.1. The third-order valence-electron chi connectivity index (χ3n) is 4.70. The van der Waals surface area contributed by atoms with Gasteiger partial charge in [0.05, 0.1) is 11.4 Å². The molecule has 0 saturated heterocycles. The van der Waals surface area contributed by atoms with E-state index in [9.17, 15) is 14.4 Å². The third-order valence-corrected chi connectivity index (χ3v) is 5.46. The van der Waals surface area contributed by atoms with Crippen molar-refractivity contribution in [2.75, 3.05) is 16.8 Å². The van der Waals surface area contributed by atoms with E-state index < -0.39 is 12.6 Å². The summed E-state index contributed by atoms with van der Waals surface area (Å²) < 4.78 is 5.23. The van der Waals surface area contributed by atoms with Gasteiger partial charge in [-0.05, 0) is 36.1 Å². The van der Waals surface area contributed by atoms with E-state index in [-0.39, 0.29) is 17.5 Å². The molecule has 0 fully saturated rings. The number of ether oxygens (including phenoxy) is 1. The van der Waals surface area contributed by atoms with Gasteiger partial charge in [0.25, 0.3) is 5.91 Å². The Morgan fingerprint density at radius 1 is 1.03 bits per heavy atom. The van der Waals surface area contributed by atoms with Crippen LogP contribution in [0.15, 0.2) is 53.9 Å². The summed E-state index contributed by atoms with van der Waals surface area (Å²) in [6, 6.07) is 15.5. The Bertz CT molecular complexity index is 1080. The van der Waals surface area contributed by atoms with Crippen molar-refractivity contribution in [1.82, 2.24) is 4.98 Å². The number of hydrogen-bond acceptors (Lipinski definition) is 6. The molecule has 0 bridgehead atoms. The summed E-state index contributed by atoms with van der Waals surface area (Å²) in [6.07, 6.45) is 1.64. The van der Waals surface area contributed by atoms with Gasteiger partial charge in [0.1, 0.15) is 0 Å². The second-order valence-corrected chi connectivity index (χ2v) is 7.64. The molecule has 0 aliphatic carbocycles. The summed E-state index contributed by atoms with van der Waals surface area (Å²) in [6.45, 7) is 0.934. The number of aromatic nitrogens is 1. The average molecular weight is 421 g/mol. The Balaban J connectivity index is 1.54. The Morgan fingerprint density at radius 3 is 2.23 bits per heavy atom. The van der Waals surface area contributed by atoms with E-state index in [1.54, 1.807) is 4.90 Å². The van der Waals surface area contributed by atoms with E-state index in [1.165, 1.54) is 12.3 Å². The van der Waals surface area contributed by atoms with Crippen LogP contribution in [0.2, 0.25) is 0 Å². The topological polar surface area (TPSA) is 88.6 Å². The number of carbonyl (C=O) groups excluding carboxylic acids is 3. The maximum Gasteiger partial charge on any atom is 0.358 e. The Hall–Kier alpha value is -3.52. The van der Waals surface area contributed by atoms with Gasteiger partial charge in [-0.2, -0.15) is 0 Å². The van der Waals surface area contributed by atoms with Crippen molar-refractivity contribution in [3.8, 4) is 0 Å². The average Bonchev–Trinajstić information content (AvgIpc) is 3.12. The SMILES string of the molecule is CC(=O)Nc1nc(C(=O)OCC(=O)N2c3ccccc3CCc3ccccc32)cs1. The highest BCUT2D eigenvalue weighted by Gasteiger charge is 2.26. The van der Waals surface area contributed by atoms with Gasteiger partial charge in [-0.25, -0.2) is 9.78 Å². The first-order valence-corrected chi connectivity index (χ1v) is 10.3. The van der Waals surface area contributed by atoms with Gasteiger partial charge in [-0.15, -0.1) is 11.3 Å². The number of nitrogens with zero attached hydrogens (tertiary/aromatic N) is 2. The van der Waals surface area contributed by atoms with Gasteiger partial charge in [-0.3, -0.25) is 14.5 Å². The van der Waals surface area contributed by atoms with E-state index in [2.05, 4.69) is 10.3 Å². The number of thiazole rings is 1. The van der Waals surface area contributed by atoms with E-state index in [1.807, 2.05) is 48.5 Å². The first-order valence-electron chi connectivity index (χ1n) is 9.42. The van der Waals surface area contributed by atoms with Crippen molar-refractivity contribution in [2.24, 2.45) is 0 Å². The van der Waals surface area contributed by atoms with E-state index in [4.69, 9.17) is 4.74 Å². The molecule has 1 N–H and O–H groups in total. The zero-order chi connectivity index (χ0) is 21.1. The lowest BCUT2D eigenvalue weighted by atomic mass is 10.0. The standard InChI is InChI=1S/C22H19N3O4S/c1-14(26)23-22-24-17(13-30-22)21(28)29-12-20(27)25-18-8-4-2-6-15(18)10-11-16-7-3-5-9-19(16)25/h2-9,13H,10-12H2,1H3,(H,23,24,26). The molecular formula is C22H19N3O4S. The minimum Gasteiger partial charge on any atom is -0.451 e. The van der Waals surface area contributed by atoms with E-state index >= 15 is 0 Å². The lowest BCUT2D eigenvalue weighted by Crippen LogP contribution is -2.31. The molecule has 4 rings (SSSR count). The zero-order valence-electron chi connectivity index (χ0n) is 16.3. The smallest absolute Gasteiger partial charge is 0.358 e. The van der Waals surface area contributed by atoms with Crippen molar-refractivity contribution < 1.29 is 19.1 Å². The number of anilines is 3. The summed E-state index contributed by atoms with van der Waals surface area (Å²) in [4.78, 5) is 42.2. The second kappa shape index (κ2) is 8.46. The van der Waals surface area contributed by atoms with Crippen molar-refractivity contribution in [1.29, 1.82) is 0 Å². The predicted molar refractivity (Wildman–Crippen MR) is 114 cm³/mol. The maximum atomic E-state index is 13.1. The van der Waals surface area contributed by atoms with Crippen LogP contribution in [0, 0.1) is 0 Å². The van der Waals surface area contributed by atoms with Crippen LogP contribution in [0.25, 0.3) is 0 Å². The van der Waals surface area contributed by atoms with Crippen LogP contribution in [0.1, 0.15) is 28.5 Å². The fourth-order valence-corrected chi connectivity index (χ4v) is 4.12. The second-order valence-electron chi connectivity index (χ2n) is 6.78. The first kappa shape index (κ1) is 19.8. The number of nitrogens with one attached hydrogen (secondary N) is 1. The number of benzene rings is 2. The van der Waals surface area contributed by atoms with Crippen LogP contribution in [0.5, 0.6) is 0 Å². The molecule has 7 nitrogen and oxygen atoms in total. The molecule has 8 heteroatoms. The highest BCUT2D eigenvalue weighted by molar-refractivity contribution is 7.14. The molecule has 0 spiro atoms. The summed E-state index contributed by atoms with van der Waals surface area (Å²) in [5, 5.41) is 4.29. The molecule has 0 atom stereocenters. The summed E-state index contributed by atoms with van der Waals surface area (Å²) in [5.74, 6) is -1.34. The summed E-state index contributed by atoms with van der Waals surface area (Å²) in [5.41, 5.74) is 3.77. The van der Waals surface area contributed by atoms with Crippen LogP contribution < -0.4 is 10.2 Å². The summed E-state index contributed by atoms with van der Waals surface area (Å²) >= 11 is 1.11. The van der Waals surface area contributed by atoms with E-state index in [0.717, 1.165) is 46.7 Å². The lowest BCUT2D eigenvalue weighted by molar-refractivity contribution is -0.121. The number of rotatable bonds is 4. The molecule has 3 aromatic rings. The van der Waals surface area contributed by atoms with Crippen LogP contribution in [0.3, 0.4) is 0 Å². The number of aryl methyl sites for hydroxylation is 2. The van der Waals surface area contributed by atoms with Crippen molar-refractivity contribution in [2.45, 2.75) is 19.8 Å². The van der Waals surface area contributed by atoms with Crippen LogP contribution in [-0.2, 0) is 27.2 Å². The highest BCUT2D eigenvalue weighted by atomic mass is 32.1. The number of esters is 1. The first-order chi connectivity index (χ1) is 14.5. The number of carbonyl (C=O) groups is 3. The molecule has 2 amide bonds. The fraction of sp³-hybridized carbons (Fsp3) is 0.182. The van der Waals surface area contributed by atoms with Crippen LogP contribution in [-0.4, -0.2) is 29.4 Å². The number of hydrogen-bond donors (Lipinski definition) is 1. The minimum atomic E-state index is -0.715. The molecule has 30 heavy (non-hydrogen) atoms. The number of amides is 2. The quantitative estimate of drug-likeness (QED) is 0.649. The highest BCUT2D eigenvalue weighted by Crippen LogP contribution is 2.36. The van der Waals surface area contributed by atoms with Gasteiger partial charge in [0.2, 0.25) is 5.91 Å². The molecule has 0 unspecified atom stereocenters. The van der Waals surface area contributed by atoms with Crippen LogP contribution in [0.4, 0.5) is 16.5 Å². The number of fused-ring (bicyclic) bond motifs is 2. The summed E-state index contributed by atoms with van der Waals surface area (Å²) in [7, 11) is 0. The van der Waals surface area contributed by atoms with Crippen LogP contribution >= 0.6 is 11.3 Å². The maximum absolute atomic E-state index is 13.1. The molecule has 1 aromatic heterocycles. The molecular weight excluding hydrogens is 402 g/mol. The Kier molecular flexibility index (Phi) is 5.58. The molecule has 1 aliphatic heterocycles. The normalized spacial score (nSPS) is 12.4. The Labute approximate surface area is 177 Å². The molecule has 0 saturated carbocycles. The largest absolute Gasteiger partial charge is 0.451 e. The fourth-order valence-electron chi connectivity index (χ4n) is 3.39. The van der Waals surface area contributed by atoms with Crippen molar-refractivity contribution in [3.63, 3.8) is 0 Å². The van der Waals surface area contributed by atoms with Gasteiger partial charge >= 0.3 is 5.97 Å². The van der Waals surface area contributed by atoms with Gasteiger partial charge in [0, 0.05) is 12.3 Å².